The lowest BCUT2D eigenvalue weighted by molar-refractivity contribution is -0.0885. The average molecular weight is 269 g/mol. The normalized spacial score (nSPS) is 11.6. The number of ketones is 1. The van der Waals surface area contributed by atoms with Gasteiger partial charge in [-0.15, -0.1) is 0 Å². The molecule has 0 bridgehead atoms. The van der Waals surface area contributed by atoms with Crippen LogP contribution in [0.2, 0.25) is 0 Å². The SMILES string of the molecule is Cc1cn(-c2ccc(C(=O)C(F)(F)F)cc2)nc1N. The van der Waals surface area contributed by atoms with Gasteiger partial charge in [-0.25, -0.2) is 4.68 Å². The fourth-order valence-electron chi connectivity index (χ4n) is 1.53. The van der Waals surface area contributed by atoms with Gasteiger partial charge < -0.3 is 5.73 Å². The Bertz CT molecular complexity index is 595. The van der Waals surface area contributed by atoms with Crippen LogP contribution in [0.4, 0.5) is 19.0 Å². The number of nitrogen functional groups attached to an aromatic ring is 1. The number of carbonyl (C=O) groups is 1. The van der Waals surface area contributed by atoms with Crippen LogP contribution < -0.4 is 5.73 Å². The molecule has 0 amide bonds. The summed E-state index contributed by atoms with van der Waals surface area (Å²) in [4.78, 5) is 11.0. The molecule has 0 atom stereocenters. The summed E-state index contributed by atoms with van der Waals surface area (Å²) in [5.74, 6) is -1.52. The van der Waals surface area contributed by atoms with E-state index in [1.165, 1.54) is 16.8 Å². The van der Waals surface area contributed by atoms with E-state index in [1.54, 1.807) is 13.1 Å². The van der Waals surface area contributed by atoms with E-state index in [2.05, 4.69) is 5.10 Å². The third-order valence-corrected chi connectivity index (χ3v) is 2.59. The van der Waals surface area contributed by atoms with Crippen LogP contribution in [0.25, 0.3) is 5.69 Å². The summed E-state index contributed by atoms with van der Waals surface area (Å²) in [6.07, 6.45) is -3.22. The average Bonchev–Trinajstić information content (AvgIpc) is 2.68. The number of hydrogen-bond donors (Lipinski definition) is 1. The van der Waals surface area contributed by atoms with E-state index in [0.717, 1.165) is 17.7 Å². The molecule has 0 saturated heterocycles. The van der Waals surface area contributed by atoms with E-state index >= 15 is 0 Å². The maximum Gasteiger partial charge on any atom is 0.454 e. The molecule has 100 valence electrons. The van der Waals surface area contributed by atoms with Gasteiger partial charge in [-0.1, -0.05) is 0 Å². The molecule has 1 aromatic carbocycles. The summed E-state index contributed by atoms with van der Waals surface area (Å²) in [6.45, 7) is 1.76. The summed E-state index contributed by atoms with van der Waals surface area (Å²) in [5.41, 5.74) is 6.46. The van der Waals surface area contributed by atoms with Crippen molar-refractivity contribution >= 4 is 11.6 Å². The Kier molecular flexibility index (Phi) is 3.05. The zero-order chi connectivity index (χ0) is 14.2. The molecule has 2 rings (SSSR count). The van der Waals surface area contributed by atoms with E-state index in [9.17, 15) is 18.0 Å². The summed E-state index contributed by atoms with van der Waals surface area (Å²) in [5, 5.41) is 3.99. The quantitative estimate of drug-likeness (QED) is 0.852. The Hall–Kier alpha value is -2.31. The molecule has 7 heteroatoms. The third-order valence-electron chi connectivity index (χ3n) is 2.59. The lowest BCUT2D eigenvalue weighted by atomic mass is 10.1. The Labute approximate surface area is 106 Å². The molecule has 0 spiro atoms. The zero-order valence-corrected chi connectivity index (χ0v) is 9.90. The Morgan fingerprint density at radius 2 is 1.84 bits per heavy atom. The van der Waals surface area contributed by atoms with Crippen LogP contribution in [0.1, 0.15) is 15.9 Å². The van der Waals surface area contributed by atoms with Gasteiger partial charge in [0.1, 0.15) is 5.82 Å². The minimum atomic E-state index is -4.87. The molecule has 2 aromatic rings. The van der Waals surface area contributed by atoms with Gasteiger partial charge in [-0.2, -0.15) is 18.3 Å². The number of nitrogens with zero attached hydrogens (tertiary/aromatic N) is 2. The summed E-state index contributed by atoms with van der Waals surface area (Å²) >= 11 is 0. The Balaban J connectivity index is 2.31. The van der Waals surface area contributed by atoms with Crippen LogP contribution >= 0.6 is 0 Å². The van der Waals surface area contributed by atoms with Crippen LogP contribution in [0, 0.1) is 6.92 Å². The molecule has 4 nitrogen and oxygen atoms in total. The largest absolute Gasteiger partial charge is 0.454 e. The number of halogens is 3. The number of benzene rings is 1. The molecule has 0 fully saturated rings. The minimum absolute atomic E-state index is 0.343. The van der Waals surface area contributed by atoms with E-state index in [1.807, 2.05) is 0 Å². The van der Waals surface area contributed by atoms with Gasteiger partial charge in [-0.05, 0) is 31.2 Å². The fourth-order valence-corrected chi connectivity index (χ4v) is 1.53. The number of anilines is 1. The third kappa shape index (κ3) is 2.59. The highest BCUT2D eigenvalue weighted by molar-refractivity contribution is 6.00. The van der Waals surface area contributed by atoms with Crippen molar-refractivity contribution in [3.8, 4) is 5.69 Å². The minimum Gasteiger partial charge on any atom is -0.382 e. The van der Waals surface area contributed by atoms with Crippen molar-refractivity contribution in [2.24, 2.45) is 0 Å². The number of aryl methyl sites for hydroxylation is 1. The molecule has 0 saturated carbocycles. The van der Waals surface area contributed by atoms with Crippen LogP contribution in [-0.4, -0.2) is 21.7 Å². The molecule has 2 N–H and O–H groups in total. The van der Waals surface area contributed by atoms with Crippen molar-refractivity contribution in [1.82, 2.24) is 9.78 Å². The van der Waals surface area contributed by atoms with E-state index in [4.69, 9.17) is 5.73 Å². The standard InChI is InChI=1S/C12H10F3N3O/c1-7-6-18(17-11(7)16)9-4-2-8(3-5-9)10(19)12(13,14)15/h2-6H,1H3,(H2,16,17). The van der Waals surface area contributed by atoms with Crippen molar-refractivity contribution in [3.63, 3.8) is 0 Å². The lowest BCUT2D eigenvalue weighted by Gasteiger charge is -2.06. The van der Waals surface area contributed by atoms with Gasteiger partial charge in [-0.3, -0.25) is 4.79 Å². The second kappa shape index (κ2) is 4.42. The van der Waals surface area contributed by atoms with Gasteiger partial charge in [0.25, 0.3) is 5.78 Å². The first-order valence-electron chi connectivity index (χ1n) is 5.33. The van der Waals surface area contributed by atoms with Gasteiger partial charge >= 0.3 is 6.18 Å². The van der Waals surface area contributed by atoms with Crippen molar-refractivity contribution < 1.29 is 18.0 Å². The Morgan fingerprint density at radius 3 is 2.26 bits per heavy atom. The molecular weight excluding hydrogens is 259 g/mol. The molecule has 1 heterocycles. The zero-order valence-electron chi connectivity index (χ0n) is 9.90. The smallest absolute Gasteiger partial charge is 0.382 e. The number of rotatable bonds is 2. The number of hydrogen-bond acceptors (Lipinski definition) is 3. The first-order chi connectivity index (χ1) is 8.79. The fraction of sp³-hybridized carbons (Fsp3) is 0.167. The van der Waals surface area contributed by atoms with Crippen LogP contribution in [0.3, 0.4) is 0 Å². The van der Waals surface area contributed by atoms with Gasteiger partial charge in [0.05, 0.1) is 5.69 Å². The number of alkyl halides is 3. The van der Waals surface area contributed by atoms with Gasteiger partial charge in [0.15, 0.2) is 0 Å². The number of aromatic nitrogens is 2. The first-order valence-corrected chi connectivity index (χ1v) is 5.33. The molecule has 0 unspecified atom stereocenters. The van der Waals surface area contributed by atoms with Gasteiger partial charge in [0.2, 0.25) is 0 Å². The monoisotopic (exact) mass is 269 g/mol. The van der Waals surface area contributed by atoms with Crippen molar-refractivity contribution in [2.75, 3.05) is 5.73 Å². The highest BCUT2D eigenvalue weighted by Crippen LogP contribution is 2.22. The molecule has 0 aliphatic rings. The van der Waals surface area contributed by atoms with E-state index in [-0.39, 0.29) is 0 Å². The number of nitrogens with two attached hydrogens (primary N) is 1. The van der Waals surface area contributed by atoms with Crippen molar-refractivity contribution in [2.45, 2.75) is 13.1 Å². The van der Waals surface area contributed by atoms with Gasteiger partial charge in [0, 0.05) is 17.3 Å². The maximum absolute atomic E-state index is 12.2. The number of carbonyl (C=O) groups excluding carboxylic acids is 1. The molecule has 1 aromatic heterocycles. The number of Topliss-reactive ketones (excluding diaryl/α,β-unsaturated/α-hetero) is 1. The summed E-state index contributed by atoms with van der Waals surface area (Å²) < 4.78 is 38.1. The second-order valence-corrected chi connectivity index (χ2v) is 4.02. The Morgan fingerprint density at radius 1 is 1.26 bits per heavy atom. The second-order valence-electron chi connectivity index (χ2n) is 4.02. The molecule has 0 radical (unpaired) electrons. The van der Waals surface area contributed by atoms with Crippen molar-refractivity contribution in [1.29, 1.82) is 0 Å². The molecule has 0 aliphatic heterocycles. The highest BCUT2D eigenvalue weighted by Gasteiger charge is 2.39. The van der Waals surface area contributed by atoms with Crippen LogP contribution in [-0.2, 0) is 0 Å². The summed E-state index contributed by atoms with van der Waals surface area (Å²) in [7, 11) is 0. The van der Waals surface area contributed by atoms with E-state index < -0.39 is 17.5 Å². The topological polar surface area (TPSA) is 60.9 Å². The predicted molar refractivity (Wildman–Crippen MR) is 63.1 cm³/mol. The molecule has 19 heavy (non-hydrogen) atoms. The molecule has 0 aliphatic carbocycles. The first kappa shape index (κ1) is 13.1. The van der Waals surface area contributed by atoms with E-state index in [0.29, 0.717) is 11.5 Å². The maximum atomic E-state index is 12.2. The lowest BCUT2D eigenvalue weighted by Crippen LogP contribution is -2.22. The van der Waals surface area contributed by atoms with Crippen molar-refractivity contribution in [3.05, 3.63) is 41.6 Å². The van der Waals surface area contributed by atoms with Crippen LogP contribution in [0.15, 0.2) is 30.5 Å². The highest BCUT2D eigenvalue weighted by atomic mass is 19.4. The summed E-state index contributed by atoms with van der Waals surface area (Å²) in [6, 6.07) is 4.98. The molecular formula is C12H10F3N3O. The van der Waals surface area contributed by atoms with Crippen LogP contribution in [0.5, 0.6) is 0 Å². The predicted octanol–water partition coefficient (Wildman–Crippen LogP) is 2.51.